The van der Waals surface area contributed by atoms with Crippen molar-refractivity contribution in [2.45, 2.75) is 44.8 Å². The van der Waals surface area contributed by atoms with E-state index in [9.17, 15) is 9.59 Å². The number of fused-ring (bicyclic) bond motifs is 2. The van der Waals surface area contributed by atoms with Crippen LogP contribution in [0.2, 0.25) is 0 Å². The van der Waals surface area contributed by atoms with Crippen molar-refractivity contribution < 1.29 is 14.3 Å². The second-order valence-corrected chi connectivity index (χ2v) is 7.13. The number of hydrogen-bond acceptors (Lipinski definition) is 3. The van der Waals surface area contributed by atoms with Gasteiger partial charge in [0, 0.05) is 17.6 Å². The van der Waals surface area contributed by atoms with E-state index in [1.165, 1.54) is 0 Å². The van der Waals surface area contributed by atoms with Gasteiger partial charge >= 0.3 is 12.0 Å². The first-order valence-corrected chi connectivity index (χ1v) is 7.71. The Labute approximate surface area is 130 Å². The van der Waals surface area contributed by atoms with Crippen LogP contribution in [-0.2, 0) is 10.3 Å². The molecule has 1 fully saturated rings. The maximum Gasteiger partial charge on any atom is 0.339 e. The van der Waals surface area contributed by atoms with Crippen LogP contribution in [0.15, 0.2) is 24.3 Å². The second kappa shape index (κ2) is 5.00. The maximum absolute atomic E-state index is 12.4. The van der Waals surface area contributed by atoms with Gasteiger partial charge in [0.2, 0.25) is 0 Å². The zero-order valence-electron chi connectivity index (χ0n) is 13.3. The lowest BCUT2D eigenvalue weighted by molar-refractivity contribution is -0.0413. The molecule has 0 bridgehead atoms. The number of carbonyl (C=O) groups is 2. The minimum absolute atomic E-state index is 0.105. The van der Waals surface area contributed by atoms with Gasteiger partial charge in [-0.3, -0.25) is 0 Å². The standard InChI is InChI=1S/C17H22N2O3/c1-16(2,3)18-15(21)19-10-6-9-17(11-19)13-8-5-4-7-12(13)14(20)22-17/h4-5,7-8H,6,9-11H2,1-3H3,(H,18,21). The third kappa shape index (κ3) is 2.56. The van der Waals surface area contributed by atoms with Gasteiger partial charge in [0.25, 0.3) is 0 Å². The van der Waals surface area contributed by atoms with Crippen molar-refractivity contribution in [1.82, 2.24) is 10.2 Å². The fraction of sp³-hybridized carbons (Fsp3) is 0.529. The van der Waals surface area contributed by atoms with E-state index in [0.29, 0.717) is 18.7 Å². The number of likely N-dealkylation sites (tertiary alicyclic amines) is 1. The van der Waals surface area contributed by atoms with Crippen molar-refractivity contribution in [2.24, 2.45) is 0 Å². The van der Waals surface area contributed by atoms with Gasteiger partial charge in [-0.2, -0.15) is 0 Å². The largest absolute Gasteiger partial charge is 0.449 e. The third-order valence-electron chi connectivity index (χ3n) is 4.15. The number of piperidine rings is 1. The summed E-state index contributed by atoms with van der Waals surface area (Å²) in [6.07, 6.45) is 1.58. The Hall–Kier alpha value is -2.04. The molecule has 1 aromatic carbocycles. The van der Waals surface area contributed by atoms with E-state index in [2.05, 4.69) is 5.32 Å². The molecule has 1 saturated heterocycles. The smallest absolute Gasteiger partial charge is 0.339 e. The number of nitrogens with one attached hydrogen (secondary N) is 1. The van der Waals surface area contributed by atoms with Crippen molar-refractivity contribution >= 4 is 12.0 Å². The number of amides is 2. The van der Waals surface area contributed by atoms with Crippen LogP contribution >= 0.6 is 0 Å². The van der Waals surface area contributed by atoms with Crippen molar-refractivity contribution in [3.8, 4) is 0 Å². The molecule has 0 radical (unpaired) electrons. The van der Waals surface area contributed by atoms with Crippen LogP contribution in [0.4, 0.5) is 4.79 Å². The molecule has 118 valence electrons. The average molecular weight is 302 g/mol. The van der Waals surface area contributed by atoms with E-state index >= 15 is 0 Å². The molecule has 5 heteroatoms. The quantitative estimate of drug-likeness (QED) is 0.750. The number of hydrogen-bond donors (Lipinski definition) is 1. The monoisotopic (exact) mass is 302 g/mol. The fourth-order valence-electron chi connectivity index (χ4n) is 3.24. The number of carbonyl (C=O) groups excluding carboxylic acids is 2. The SMILES string of the molecule is CC(C)(C)NC(=O)N1CCCC2(C1)OC(=O)c1ccccc12. The summed E-state index contributed by atoms with van der Waals surface area (Å²) in [4.78, 5) is 26.3. The summed E-state index contributed by atoms with van der Waals surface area (Å²) in [6.45, 7) is 6.96. The molecule has 2 amide bonds. The predicted molar refractivity (Wildman–Crippen MR) is 82.6 cm³/mol. The first-order chi connectivity index (χ1) is 10.3. The normalized spacial score (nSPS) is 24.1. The zero-order chi connectivity index (χ0) is 16.0. The summed E-state index contributed by atoms with van der Waals surface area (Å²) in [7, 11) is 0. The van der Waals surface area contributed by atoms with E-state index in [0.717, 1.165) is 18.4 Å². The van der Waals surface area contributed by atoms with Crippen LogP contribution in [0.1, 0.15) is 49.5 Å². The number of rotatable bonds is 0. The second-order valence-electron chi connectivity index (χ2n) is 7.13. The first-order valence-electron chi connectivity index (χ1n) is 7.71. The molecule has 2 aliphatic rings. The molecular weight excluding hydrogens is 280 g/mol. The van der Waals surface area contributed by atoms with Crippen molar-refractivity contribution in [1.29, 1.82) is 0 Å². The third-order valence-corrected chi connectivity index (χ3v) is 4.15. The Morgan fingerprint density at radius 3 is 2.77 bits per heavy atom. The van der Waals surface area contributed by atoms with Gasteiger partial charge in [-0.1, -0.05) is 18.2 Å². The Kier molecular flexibility index (Phi) is 3.38. The number of ether oxygens (including phenoxy) is 1. The van der Waals surface area contributed by atoms with Gasteiger partial charge in [-0.15, -0.1) is 0 Å². The molecule has 1 spiro atoms. The fourth-order valence-corrected chi connectivity index (χ4v) is 3.24. The van der Waals surface area contributed by atoms with E-state index < -0.39 is 5.60 Å². The van der Waals surface area contributed by atoms with Crippen molar-refractivity contribution in [2.75, 3.05) is 13.1 Å². The molecular formula is C17H22N2O3. The van der Waals surface area contributed by atoms with Gasteiger partial charge < -0.3 is 15.0 Å². The topological polar surface area (TPSA) is 58.6 Å². The Bertz CT molecular complexity index is 621. The zero-order valence-corrected chi connectivity index (χ0v) is 13.3. The number of esters is 1. The van der Waals surface area contributed by atoms with Crippen LogP contribution in [0, 0.1) is 0 Å². The Morgan fingerprint density at radius 2 is 2.05 bits per heavy atom. The van der Waals surface area contributed by atoms with Crippen molar-refractivity contribution in [3.05, 3.63) is 35.4 Å². The summed E-state index contributed by atoms with van der Waals surface area (Å²) in [5, 5.41) is 2.98. The Morgan fingerprint density at radius 1 is 1.32 bits per heavy atom. The van der Waals surface area contributed by atoms with Gasteiger partial charge in [0.15, 0.2) is 5.60 Å². The number of benzene rings is 1. The molecule has 1 atom stereocenters. The molecule has 1 unspecified atom stereocenters. The molecule has 3 rings (SSSR count). The highest BCUT2D eigenvalue weighted by atomic mass is 16.6. The van der Waals surface area contributed by atoms with Crippen LogP contribution in [0.5, 0.6) is 0 Å². The highest BCUT2D eigenvalue weighted by Crippen LogP contribution is 2.42. The summed E-state index contributed by atoms with van der Waals surface area (Å²) in [5.74, 6) is -0.284. The number of urea groups is 1. The first kappa shape index (κ1) is 14.9. The summed E-state index contributed by atoms with van der Waals surface area (Å²) >= 11 is 0. The van der Waals surface area contributed by atoms with E-state index in [1.807, 2.05) is 39.0 Å². The molecule has 2 heterocycles. The van der Waals surface area contributed by atoms with E-state index in [-0.39, 0.29) is 17.5 Å². The van der Waals surface area contributed by atoms with Gasteiger partial charge in [-0.25, -0.2) is 9.59 Å². The molecule has 2 aliphatic heterocycles. The van der Waals surface area contributed by atoms with E-state index in [1.54, 1.807) is 11.0 Å². The molecule has 22 heavy (non-hydrogen) atoms. The minimum Gasteiger partial charge on any atom is -0.449 e. The van der Waals surface area contributed by atoms with Crippen LogP contribution in [0.3, 0.4) is 0 Å². The number of nitrogens with zero attached hydrogens (tertiary/aromatic N) is 1. The van der Waals surface area contributed by atoms with Crippen LogP contribution in [0.25, 0.3) is 0 Å². The molecule has 0 aromatic heterocycles. The summed E-state index contributed by atoms with van der Waals surface area (Å²) in [5.41, 5.74) is 0.571. The van der Waals surface area contributed by atoms with Crippen LogP contribution in [-0.4, -0.2) is 35.5 Å². The molecule has 5 nitrogen and oxygen atoms in total. The summed E-state index contributed by atoms with van der Waals surface area (Å²) in [6, 6.07) is 7.38. The Balaban J connectivity index is 1.85. The molecule has 0 aliphatic carbocycles. The lowest BCUT2D eigenvalue weighted by atomic mass is 9.85. The predicted octanol–water partition coefficient (Wildman–Crippen LogP) is 2.66. The molecule has 1 N–H and O–H groups in total. The lowest BCUT2D eigenvalue weighted by Gasteiger charge is -2.40. The maximum atomic E-state index is 12.4. The average Bonchev–Trinajstić information content (AvgIpc) is 2.70. The van der Waals surface area contributed by atoms with Crippen LogP contribution < -0.4 is 5.32 Å². The molecule has 0 saturated carbocycles. The van der Waals surface area contributed by atoms with Gasteiger partial charge in [0.1, 0.15) is 0 Å². The van der Waals surface area contributed by atoms with Gasteiger partial charge in [-0.05, 0) is 39.7 Å². The highest BCUT2D eigenvalue weighted by Gasteiger charge is 2.48. The van der Waals surface area contributed by atoms with Gasteiger partial charge in [0.05, 0.1) is 12.1 Å². The molecule has 1 aromatic rings. The van der Waals surface area contributed by atoms with Crippen molar-refractivity contribution in [3.63, 3.8) is 0 Å². The minimum atomic E-state index is -0.679. The lowest BCUT2D eigenvalue weighted by Crippen LogP contribution is -2.55. The summed E-state index contributed by atoms with van der Waals surface area (Å²) < 4.78 is 5.71. The van der Waals surface area contributed by atoms with E-state index in [4.69, 9.17) is 4.74 Å². The highest BCUT2D eigenvalue weighted by molar-refractivity contribution is 5.95.